The number of guanidine groups is 1. The van der Waals surface area contributed by atoms with Crippen LogP contribution in [0, 0.1) is 19.3 Å². The van der Waals surface area contributed by atoms with Gasteiger partial charge in [0, 0.05) is 13.1 Å². The van der Waals surface area contributed by atoms with Crippen molar-refractivity contribution in [1.82, 2.24) is 25.4 Å². The third-order valence-electron chi connectivity index (χ3n) is 2.84. The molecular formula is C12H18N6. The van der Waals surface area contributed by atoms with Gasteiger partial charge in [0.05, 0.1) is 6.54 Å². The molecule has 2 rings (SSSR count). The van der Waals surface area contributed by atoms with Gasteiger partial charge in [-0.25, -0.2) is 4.99 Å². The Labute approximate surface area is 107 Å². The maximum atomic E-state index is 5.24. The molecule has 2 N–H and O–H groups in total. The van der Waals surface area contributed by atoms with Gasteiger partial charge in [-0.3, -0.25) is 0 Å². The lowest BCUT2D eigenvalue weighted by atomic mass is 10.5. The summed E-state index contributed by atoms with van der Waals surface area (Å²) in [6.45, 7) is 2.88. The monoisotopic (exact) mass is 246 g/mol. The molecule has 1 aromatic heterocycles. The van der Waals surface area contributed by atoms with Gasteiger partial charge >= 0.3 is 0 Å². The minimum atomic E-state index is 0.469. The van der Waals surface area contributed by atoms with Gasteiger partial charge in [-0.15, -0.1) is 16.6 Å². The number of nitrogens with one attached hydrogen (secondary N) is 2. The Hall–Kier alpha value is -2.03. The third-order valence-corrected chi connectivity index (χ3v) is 2.84. The highest BCUT2D eigenvalue weighted by molar-refractivity contribution is 5.80. The zero-order valence-corrected chi connectivity index (χ0v) is 10.8. The molecule has 0 bridgehead atoms. The molecule has 1 saturated carbocycles. The van der Waals surface area contributed by atoms with Gasteiger partial charge < -0.3 is 15.2 Å². The largest absolute Gasteiger partial charge is 0.354 e. The van der Waals surface area contributed by atoms with Gasteiger partial charge in [0.2, 0.25) is 0 Å². The van der Waals surface area contributed by atoms with E-state index in [2.05, 4.69) is 31.7 Å². The van der Waals surface area contributed by atoms with Crippen LogP contribution in [0.4, 0.5) is 0 Å². The van der Waals surface area contributed by atoms with E-state index in [1.807, 2.05) is 18.5 Å². The fourth-order valence-corrected chi connectivity index (χ4v) is 1.45. The maximum Gasteiger partial charge on any atom is 0.192 e. The highest BCUT2D eigenvalue weighted by atomic mass is 15.3. The Kier molecular flexibility index (Phi) is 3.82. The molecule has 1 aromatic rings. The molecular weight excluding hydrogens is 228 g/mol. The Morgan fingerprint density at radius 2 is 2.33 bits per heavy atom. The Balaban J connectivity index is 1.98. The van der Waals surface area contributed by atoms with Gasteiger partial charge in [0.25, 0.3) is 0 Å². The minimum absolute atomic E-state index is 0.469. The lowest BCUT2D eigenvalue weighted by Gasteiger charge is -2.09. The molecule has 18 heavy (non-hydrogen) atoms. The third kappa shape index (κ3) is 3.23. The lowest BCUT2D eigenvalue weighted by molar-refractivity contribution is 0.759. The van der Waals surface area contributed by atoms with Crippen molar-refractivity contribution in [3.05, 3.63) is 11.6 Å². The fourth-order valence-electron chi connectivity index (χ4n) is 1.45. The molecule has 6 nitrogen and oxygen atoms in total. The maximum absolute atomic E-state index is 5.24. The second-order valence-electron chi connectivity index (χ2n) is 4.36. The smallest absolute Gasteiger partial charge is 0.192 e. The van der Waals surface area contributed by atoms with Crippen LogP contribution in [0.15, 0.2) is 4.99 Å². The highest BCUT2D eigenvalue weighted by Crippen LogP contribution is 2.18. The molecule has 1 fully saturated rings. The molecule has 1 aliphatic carbocycles. The van der Waals surface area contributed by atoms with Gasteiger partial charge in [-0.05, 0) is 19.8 Å². The molecule has 96 valence electrons. The molecule has 0 atom stereocenters. The van der Waals surface area contributed by atoms with E-state index < -0.39 is 0 Å². The van der Waals surface area contributed by atoms with Gasteiger partial charge in [-0.2, -0.15) is 0 Å². The first-order valence-electron chi connectivity index (χ1n) is 6.04. The second-order valence-corrected chi connectivity index (χ2v) is 4.36. The van der Waals surface area contributed by atoms with Crippen molar-refractivity contribution in [2.24, 2.45) is 12.0 Å². The molecule has 1 heterocycles. The van der Waals surface area contributed by atoms with E-state index in [0.29, 0.717) is 19.1 Å². The number of hydrogen-bond acceptors (Lipinski definition) is 3. The van der Waals surface area contributed by atoms with Crippen LogP contribution in [0.1, 0.15) is 24.5 Å². The lowest BCUT2D eigenvalue weighted by Crippen LogP contribution is -2.38. The Morgan fingerprint density at radius 1 is 1.56 bits per heavy atom. The number of nitrogens with zero attached hydrogens (tertiary/aromatic N) is 4. The number of terminal acetylenes is 1. The Bertz CT molecular complexity index is 477. The molecule has 6 heteroatoms. The number of rotatable bonds is 4. The predicted octanol–water partition coefficient (Wildman–Crippen LogP) is -0.0457. The average molecular weight is 246 g/mol. The molecule has 1 aliphatic rings. The van der Waals surface area contributed by atoms with Crippen LogP contribution in [0.3, 0.4) is 0 Å². The summed E-state index contributed by atoms with van der Waals surface area (Å²) in [7, 11) is 1.93. The fraction of sp³-hybridized carbons (Fsp3) is 0.583. The molecule has 0 saturated heterocycles. The number of aryl methyl sites for hydroxylation is 1. The molecule has 0 aromatic carbocycles. The van der Waals surface area contributed by atoms with E-state index >= 15 is 0 Å². The molecule has 0 spiro atoms. The summed E-state index contributed by atoms with van der Waals surface area (Å²) in [6.07, 6.45) is 7.62. The summed E-state index contributed by atoms with van der Waals surface area (Å²) in [5.41, 5.74) is 0. The van der Waals surface area contributed by atoms with Crippen LogP contribution in [-0.2, 0) is 13.6 Å². The van der Waals surface area contributed by atoms with Crippen LogP contribution < -0.4 is 10.6 Å². The van der Waals surface area contributed by atoms with Crippen molar-refractivity contribution in [1.29, 1.82) is 0 Å². The summed E-state index contributed by atoms with van der Waals surface area (Å²) in [6, 6.07) is 0.537. The summed E-state index contributed by atoms with van der Waals surface area (Å²) in [4.78, 5) is 4.46. The zero-order chi connectivity index (χ0) is 13.0. The number of aliphatic imine (C=N–C) groups is 1. The summed E-state index contributed by atoms with van der Waals surface area (Å²) >= 11 is 0. The van der Waals surface area contributed by atoms with E-state index in [4.69, 9.17) is 6.42 Å². The normalized spacial score (nSPS) is 15.3. The van der Waals surface area contributed by atoms with Crippen LogP contribution in [-0.4, -0.2) is 33.3 Å². The SMILES string of the molecule is C#CCNC(=NCc1nnc(C)n1C)NC1CC1. The standard InChI is InChI=1S/C12H18N6/c1-4-7-13-12(15-10-5-6-10)14-8-11-17-16-9(2)18(11)3/h1,10H,5-8H2,2-3H3,(H2,13,14,15). The van der Waals surface area contributed by atoms with Crippen molar-refractivity contribution in [3.63, 3.8) is 0 Å². The van der Waals surface area contributed by atoms with E-state index in [9.17, 15) is 0 Å². The van der Waals surface area contributed by atoms with Crippen molar-refractivity contribution in [2.45, 2.75) is 32.4 Å². The van der Waals surface area contributed by atoms with Crippen LogP contribution >= 0.6 is 0 Å². The first-order chi connectivity index (χ1) is 8.70. The average Bonchev–Trinajstić information content (AvgIpc) is 3.12. The van der Waals surface area contributed by atoms with E-state index in [1.54, 1.807) is 0 Å². The van der Waals surface area contributed by atoms with Crippen molar-refractivity contribution in [2.75, 3.05) is 6.54 Å². The number of hydrogen-bond donors (Lipinski definition) is 2. The predicted molar refractivity (Wildman–Crippen MR) is 69.9 cm³/mol. The first kappa shape index (κ1) is 12.4. The minimum Gasteiger partial charge on any atom is -0.354 e. The highest BCUT2D eigenvalue weighted by Gasteiger charge is 2.22. The summed E-state index contributed by atoms with van der Waals surface area (Å²) in [5, 5.41) is 14.5. The first-order valence-corrected chi connectivity index (χ1v) is 6.04. The zero-order valence-electron chi connectivity index (χ0n) is 10.8. The second kappa shape index (κ2) is 5.54. The van der Waals surface area contributed by atoms with Crippen molar-refractivity contribution >= 4 is 5.96 Å². The van der Waals surface area contributed by atoms with Gasteiger partial charge in [0.15, 0.2) is 11.8 Å². The van der Waals surface area contributed by atoms with Gasteiger partial charge in [-0.1, -0.05) is 5.92 Å². The Morgan fingerprint density at radius 3 is 2.89 bits per heavy atom. The van der Waals surface area contributed by atoms with E-state index in [1.165, 1.54) is 12.8 Å². The van der Waals surface area contributed by atoms with Crippen molar-refractivity contribution < 1.29 is 0 Å². The number of aromatic nitrogens is 3. The van der Waals surface area contributed by atoms with Crippen molar-refractivity contribution in [3.8, 4) is 12.3 Å². The van der Waals surface area contributed by atoms with Gasteiger partial charge in [0.1, 0.15) is 12.4 Å². The topological polar surface area (TPSA) is 67.1 Å². The summed E-state index contributed by atoms with van der Waals surface area (Å²) in [5.74, 6) is 5.01. The van der Waals surface area contributed by atoms with E-state index in [0.717, 1.165) is 17.6 Å². The van der Waals surface area contributed by atoms with Crippen LogP contribution in [0.25, 0.3) is 0 Å². The van der Waals surface area contributed by atoms with Crippen LogP contribution in [0.2, 0.25) is 0 Å². The molecule has 0 unspecified atom stereocenters. The van der Waals surface area contributed by atoms with Crippen LogP contribution in [0.5, 0.6) is 0 Å². The van der Waals surface area contributed by atoms with E-state index in [-0.39, 0.29) is 0 Å². The quantitative estimate of drug-likeness (QED) is 0.444. The molecule has 0 aliphatic heterocycles. The summed E-state index contributed by atoms with van der Waals surface area (Å²) < 4.78 is 1.93. The molecule has 0 radical (unpaired) electrons. The molecule has 0 amide bonds.